The number of nitrogens with zero attached hydrogens (tertiary/aromatic N) is 1. The van der Waals surface area contributed by atoms with Crippen molar-refractivity contribution in [3.8, 4) is 11.1 Å². The van der Waals surface area contributed by atoms with Gasteiger partial charge in [0.15, 0.2) is 0 Å². The van der Waals surface area contributed by atoms with Crippen LogP contribution in [0.2, 0.25) is 0 Å². The molecule has 0 radical (unpaired) electrons. The maximum absolute atomic E-state index is 2.27. The van der Waals surface area contributed by atoms with Gasteiger partial charge in [-0.3, -0.25) is 0 Å². The minimum Gasteiger partial charge on any atom is -0.378 e. The lowest BCUT2D eigenvalue weighted by Crippen LogP contribution is -2.08. The molecule has 2 rings (SSSR count). The van der Waals surface area contributed by atoms with Gasteiger partial charge in [0.2, 0.25) is 0 Å². The molecule has 2 aromatic carbocycles. The largest absolute Gasteiger partial charge is 0.378 e. The quantitative estimate of drug-likeness (QED) is 0.640. The molecule has 2 aromatic rings. The number of benzene rings is 2. The van der Waals surface area contributed by atoms with Gasteiger partial charge >= 0.3 is 0 Å². The van der Waals surface area contributed by atoms with Gasteiger partial charge in [-0.1, -0.05) is 65.5 Å². The predicted molar refractivity (Wildman–Crippen MR) is 101 cm³/mol. The first-order valence-electron chi connectivity index (χ1n) is 7.82. The summed E-state index contributed by atoms with van der Waals surface area (Å²) in [5, 5.41) is 0. The van der Waals surface area contributed by atoms with Crippen molar-refractivity contribution in [2.24, 2.45) is 0 Å². The number of hydrogen-bond donors (Lipinski definition) is 0. The highest BCUT2D eigenvalue weighted by Gasteiger charge is 2.15. The lowest BCUT2D eigenvalue weighted by atomic mass is 9.85. The predicted octanol–water partition coefficient (Wildman–Crippen LogP) is 6.30. The highest BCUT2D eigenvalue weighted by molar-refractivity contribution is 5.74. The van der Waals surface area contributed by atoms with Crippen molar-refractivity contribution in [2.75, 3.05) is 19.0 Å². The third-order valence-corrected chi connectivity index (χ3v) is 4.05. The minimum absolute atomic E-state index is 0. The molecule has 0 heterocycles. The molecular weight excluding hydrogens is 266 g/mol. The summed E-state index contributed by atoms with van der Waals surface area (Å²) < 4.78 is 0. The van der Waals surface area contributed by atoms with Gasteiger partial charge in [-0.15, -0.1) is 0 Å². The van der Waals surface area contributed by atoms with Crippen LogP contribution in [0.15, 0.2) is 42.5 Å². The topological polar surface area (TPSA) is 3.24 Å². The molecule has 0 amide bonds. The molecule has 120 valence electrons. The van der Waals surface area contributed by atoms with E-state index in [1.807, 2.05) is 0 Å². The summed E-state index contributed by atoms with van der Waals surface area (Å²) in [6, 6.07) is 15.7. The first kappa shape index (κ1) is 18.3. The van der Waals surface area contributed by atoms with Gasteiger partial charge in [-0.05, 0) is 46.2 Å². The smallest absolute Gasteiger partial charge is 0.0361 e. The molecule has 0 aliphatic heterocycles. The second kappa shape index (κ2) is 7.49. The van der Waals surface area contributed by atoms with E-state index in [9.17, 15) is 0 Å². The van der Waals surface area contributed by atoms with Crippen molar-refractivity contribution in [2.45, 2.75) is 47.0 Å². The van der Waals surface area contributed by atoms with Gasteiger partial charge in [0.25, 0.3) is 0 Å². The third kappa shape index (κ3) is 3.71. The van der Waals surface area contributed by atoms with Crippen LogP contribution in [0.5, 0.6) is 0 Å². The molecule has 0 aliphatic rings. The van der Waals surface area contributed by atoms with Crippen molar-refractivity contribution < 1.29 is 0 Å². The Morgan fingerprint density at radius 1 is 0.727 bits per heavy atom. The Morgan fingerprint density at radius 2 is 1.18 bits per heavy atom. The maximum Gasteiger partial charge on any atom is 0.0361 e. The van der Waals surface area contributed by atoms with E-state index in [4.69, 9.17) is 0 Å². The van der Waals surface area contributed by atoms with E-state index in [-0.39, 0.29) is 7.43 Å². The van der Waals surface area contributed by atoms with Crippen molar-refractivity contribution in [3.05, 3.63) is 53.6 Å². The molecule has 1 heteroatoms. The monoisotopic (exact) mass is 297 g/mol. The molecule has 0 bridgehead atoms. The zero-order valence-electron chi connectivity index (χ0n) is 14.1. The average Bonchev–Trinajstić information content (AvgIpc) is 2.46. The van der Waals surface area contributed by atoms with Crippen LogP contribution in [-0.4, -0.2) is 14.1 Å². The molecule has 0 fully saturated rings. The SMILES string of the molecule is C.CC(C)c1cccc(C(C)C)c1-c1ccc(N(C)C)cc1. The Labute approximate surface area is 137 Å². The van der Waals surface area contributed by atoms with Gasteiger partial charge < -0.3 is 4.90 Å². The third-order valence-electron chi connectivity index (χ3n) is 4.05. The molecular formula is C21H31N. The van der Waals surface area contributed by atoms with E-state index in [0.717, 1.165) is 0 Å². The first-order valence-corrected chi connectivity index (χ1v) is 7.82. The fourth-order valence-electron chi connectivity index (χ4n) is 2.81. The van der Waals surface area contributed by atoms with Crippen LogP contribution in [0.3, 0.4) is 0 Å². The summed E-state index contributed by atoms with van der Waals surface area (Å²) in [5.74, 6) is 1.07. The summed E-state index contributed by atoms with van der Waals surface area (Å²) in [6.45, 7) is 9.10. The van der Waals surface area contributed by atoms with Crippen molar-refractivity contribution in [1.82, 2.24) is 0 Å². The Kier molecular flexibility index (Phi) is 6.22. The van der Waals surface area contributed by atoms with Crippen molar-refractivity contribution in [3.63, 3.8) is 0 Å². The molecule has 0 unspecified atom stereocenters. The van der Waals surface area contributed by atoms with E-state index in [1.165, 1.54) is 27.9 Å². The van der Waals surface area contributed by atoms with Crippen LogP contribution in [0.4, 0.5) is 5.69 Å². The summed E-state index contributed by atoms with van der Waals surface area (Å²) in [4.78, 5) is 2.14. The minimum atomic E-state index is 0. The normalized spacial score (nSPS) is 10.7. The van der Waals surface area contributed by atoms with Crippen LogP contribution >= 0.6 is 0 Å². The van der Waals surface area contributed by atoms with E-state index < -0.39 is 0 Å². The Bertz CT molecular complexity index is 566. The van der Waals surface area contributed by atoms with Gasteiger partial charge in [-0.2, -0.15) is 0 Å². The summed E-state index contributed by atoms with van der Waals surface area (Å²) >= 11 is 0. The number of anilines is 1. The van der Waals surface area contributed by atoms with Crippen molar-refractivity contribution in [1.29, 1.82) is 0 Å². The van der Waals surface area contributed by atoms with Gasteiger partial charge in [0.05, 0.1) is 0 Å². The van der Waals surface area contributed by atoms with E-state index in [2.05, 4.69) is 89.2 Å². The Morgan fingerprint density at radius 3 is 1.55 bits per heavy atom. The average molecular weight is 297 g/mol. The fourth-order valence-corrected chi connectivity index (χ4v) is 2.81. The van der Waals surface area contributed by atoms with Gasteiger partial charge in [0.1, 0.15) is 0 Å². The highest BCUT2D eigenvalue weighted by atomic mass is 15.1. The standard InChI is InChI=1S/C20H27N.CH4/c1-14(2)18-8-7-9-19(15(3)4)20(18)16-10-12-17(13-11-16)21(5)6;/h7-15H,1-6H3;1H4. The molecule has 0 spiro atoms. The highest BCUT2D eigenvalue weighted by Crippen LogP contribution is 2.36. The van der Waals surface area contributed by atoms with E-state index in [1.54, 1.807) is 0 Å². The molecule has 0 aromatic heterocycles. The lowest BCUT2D eigenvalue weighted by molar-refractivity contribution is 0.838. The van der Waals surface area contributed by atoms with E-state index in [0.29, 0.717) is 11.8 Å². The molecule has 0 atom stereocenters. The van der Waals surface area contributed by atoms with Crippen LogP contribution in [0, 0.1) is 0 Å². The number of rotatable bonds is 4. The fraction of sp³-hybridized carbons (Fsp3) is 0.429. The molecule has 0 aliphatic carbocycles. The summed E-state index contributed by atoms with van der Waals surface area (Å²) in [7, 11) is 4.16. The Balaban J connectivity index is 0.00000242. The van der Waals surface area contributed by atoms with Crippen LogP contribution in [0.1, 0.15) is 58.1 Å². The molecule has 0 saturated heterocycles. The molecule has 0 saturated carbocycles. The van der Waals surface area contributed by atoms with Crippen LogP contribution in [-0.2, 0) is 0 Å². The first-order chi connectivity index (χ1) is 9.91. The molecule has 22 heavy (non-hydrogen) atoms. The second-order valence-electron chi connectivity index (χ2n) is 6.56. The second-order valence-corrected chi connectivity index (χ2v) is 6.56. The van der Waals surface area contributed by atoms with Gasteiger partial charge in [-0.25, -0.2) is 0 Å². The van der Waals surface area contributed by atoms with Gasteiger partial charge in [0, 0.05) is 19.8 Å². The van der Waals surface area contributed by atoms with Crippen molar-refractivity contribution >= 4 is 5.69 Å². The maximum atomic E-state index is 2.27. The summed E-state index contributed by atoms with van der Waals surface area (Å²) in [5.41, 5.74) is 6.88. The molecule has 1 nitrogen and oxygen atoms in total. The van der Waals surface area contributed by atoms with Crippen LogP contribution in [0.25, 0.3) is 11.1 Å². The van der Waals surface area contributed by atoms with Crippen LogP contribution < -0.4 is 4.90 Å². The number of hydrogen-bond acceptors (Lipinski definition) is 1. The summed E-state index contributed by atoms with van der Waals surface area (Å²) in [6.07, 6.45) is 0. The Hall–Kier alpha value is -1.76. The lowest BCUT2D eigenvalue weighted by Gasteiger charge is -2.21. The van der Waals surface area contributed by atoms with E-state index >= 15 is 0 Å². The zero-order chi connectivity index (χ0) is 15.6. The molecule has 0 N–H and O–H groups in total. The zero-order valence-corrected chi connectivity index (χ0v) is 14.1.